The summed E-state index contributed by atoms with van der Waals surface area (Å²) >= 11 is 9.16. The lowest BCUT2D eigenvalue weighted by atomic mass is 10.2. The van der Waals surface area contributed by atoms with E-state index in [2.05, 4.69) is 31.3 Å². The summed E-state index contributed by atoms with van der Waals surface area (Å²) in [6.45, 7) is 0.276. The van der Waals surface area contributed by atoms with Gasteiger partial charge in [-0.25, -0.2) is 4.98 Å². The molecule has 7 heteroatoms. The van der Waals surface area contributed by atoms with Gasteiger partial charge in [0.2, 0.25) is 0 Å². The van der Waals surface area contributed by atoms with E-state index in [0.29, 0.717) is 20.9 Å². The predicted molar refractivity (Wildman–Crippen MR) is 71.3 cm³/mol. The van der Waals surface area contributed by atoms with Gasteiger partial charge in [0, 0.05) is 16.5 Å². The summed E-state index contributed by atoms with van der Waals surface area (Å²) in [5, 5.41) is 7.31. The lowest BCUT2D eigenvalue weighted by Crippen LogP contribution is -2.23. The molecular formula is C11H10BrClN4O. The fraction of sp³-hybridized carbons (Fsp3) is 0.182. The Morgan fingerprint density at radius 2 is 2.33 bits per heavy atom. The number of hydrogen-bond acceptors (Lipinski definition) is 3. The highest BCUT2D eigenvalue weighted by Gasteiger charge is 2.11. The molecule has 0 saturated heterocycles. The molecule has 5 nitrogen and oxygen atoms in total. The highest BCUT2D eigenvalue weighted by atomic mass is 79.9. The van der Waals surface area contributed by atoms with Crippen LogP contribution in [-0.4, -0.2) is 20.7 Å². The zero-order valence-electron chi connectivity index (χ0n) is 9.52. The van der Waals surface area contributed by atoms with Crippen LogP contribution in [0.3, 0.4) is 0 Å². The molecule has 1 aromatic heterocycles. The van der Waals surface area contributed by atoms with E-state index in [4.69, 9.17) is 11.6 Å². The van der Waals surface area contributed by atoms with Gasteiger partial charge in [-0.3, -0.25) is 9.48 Å². The van der Waals surface area contributed by atoms with E-state index in [0.717, 1.165) is 0 Å². The quantitative estimate of drug-likeness (QED) is 0.939. The fourth-order valence-corrected chi connectivity index (χ4v) is 1.99. The van der Waals surface area contributed by atoms with Crippen LogP contribution in [0.4, 0.5) is 0 Å². The summed E-state index contributed by atoms with van der Waals surface area (Å²) < 4.78 is 2.27. The van der Waals surface area contributed by atoms with Gasteiger partial charge in [0.25, 0.3) is 5.91 Å². The van der Waals surface area contributed by atoms with Gasteiger partial charge >= 0.3 is 0 Å². The zero-order valence-corrected chi connectivity index (χ0v) is 11.9. The van der Waals surface area contributed by atoms with Crippen LogP contribution in [-0.2, 0) is 13.6 Å². The van der Waals surface area contributed by atoms with E-state index >= 15 is 0 Å². The van der Waals surface area contributed by atoms with Gasteiger partial charge in [-0.05, 0) is 34.1 Å². The van der Waals surface area contributed by atoms with Crippen molar-refractivity contribution in [2.75, 3.05) is 0 Å². The molecule has 0 radical (unpaired) electrons. The van der Waals surface area contributed by atoms with Crippen molar-refractivity contribution < 1.29 is 4.79 Å². The van der Waals surface area contributed by atoms with Gasteiger partial charge in [-0.15, -0.1) is 0 Å². The first-order valence-corrected chi connectivity index (χ1v) is 6.31. The smallest absolute Gasteiger partial charge is 0.252 e. The molecule has 2 rings (SSSR count). The molecule has 0 bridgehead atoms. The number of amides is 1. The molecule has 0 unspecified atom stereocenters. The number of nitrogens with zero attached hydrogens (tertiary/aromatic N) is 3. The van der Waals surface area contributed by atoms with Crippen LogP contribution in [0.1, 0.15) is 16.2 Å². The van der Waals surface area contributed by atoms with Gasteiger partial charge in [-0.2, -0.15) is 5.10 Å². The van der Waals surface area contributed by atoms with E-state index in [1.165, 1.54) is 0 Å². The van der Waals surface area contributed by atoms with Gasteiger partial charge in [-0.1, -0.05) is 11.6 Å². The van der Waals surface area contributed by atoms with Crippen LogP contribution in [0.5, 0.6) is 0 Å². The molecule has 18 heavy (non-hydrogen) atoms. The minimum atomic E-state index is -0.225. The maximum Gasteiger partial charge on any atom is 0.252 e. The van der Waals surface area contributed by atoms with Crippen molar-refractivity contribution >= 4 is 33.4 Å². The second-order valence-electron chi connectivity index (χ2n) is 3.64. The second kappa shape index (κ2) is 5.49. The number of hydrogen-bond donors (Lipinski definition) is 1. The first-order chi connectivity index (χ1) is 8.56. The summed E-state index contributed by atoms with van der Waals surface area (Å²) in [6.07, 6.45) is 1.58. The van der Waals surface area contributed by atoms with Crippen LogP contribution in [0.25, 0.3) is 0 Å². The Morgan fingerprint density at radius 1 is 1.56 bits per heavy atom. The molecule has 0 spiro atoms. The molecule has 0 aliphatic heterocycles. The number of carbonyl (C=O) groups excluding carboxylic acids is 1. The monoisotopic (exact) mass is 328 g/mol. The minimum absolute atomic E-state index is 0.225. The first-order valence-electron chi connectivity index (χ1n) is 5.14. The molecular weight excluding hydrogens is 320 g/mol. The zero-order chi connectivity index (χ0) is 13.1. The van der Waals surface area contributed by atoms with E-state index in [1.54, 1.807) is 36.3 Å². The van der Waals surface area contributed by atoms with E-state index in [9.17, 15) is 4.79 Å². The van der Waals surface area contributed by atoms with E-state index in [1.807, 2.05) is 0 Å². The summed E-state index contributed by atoms with van der Waals surface area (Å²) in [4.78, 5) is 16.0. The van der Waals surface area contributed by atoms with Crippen LogP contribution in [0, 0.1) is 0 Å². The maximum absolute atomic E-state index is 11.9. The first kappa shape index (κ1) is 13.0. The van der Waals surface area contributed by atoms with Crippen molar-refractivity contribution in [1.29, 1.82) is 0 Å². The Kier molecular flexibility index (Phi) is 3.98. The Labute approximate surface area is 117 Å². The van der Waals surface area contributed by atoms with Crippen LogP contribution < -0.4 is 5.32 Å². The van der Waals surface area contributed by atoms with E-state index in [-0.39, 0.29) is 12.5 Å². The molecule has 0 atom stereocenters. The number of aryl methyl sites for hydroxylation is 1. The van der Waals surface area contributed by atoms with Gasteiger partial charge in [0.1, 0.15) is 6.33 Å². The molecule has 1 amide bonds. The van der Waals surface area contributed by atoms with E-state index < -0.39 is 0 Å². The Hall–Kier alpha value is -1.40. The van der Waals surface area contributed by atoms with Crippen molar-refractivity contribution in [3.8, 4) is 0 Å². The van der Waals surface area contributed by atoms with Gasteiger partial charge < -0.3 is 5.32 Å². The second-order valence-corrected chi connectivity index (χ2v) is 4.93. The minimum Gasteiger partial charge on any atom is -0.345 e. The normalized spacial score (nSPS) is 10.4. The molecule has 1 heterocycles. The van der Waals surface area contributed by atoms with Crippen molar-refractivity contribution in [2.45, 2.75) is 6.54 Å². The summed E-state index contributed by atoms with van der Waals surface area (Å²) in [5.74, 6) is 0.334. The standard InChI is InChI=1S/C11H10BrClN4O/c1-17-6-15-10(16-17)5-14-11(18)8-4-7(13)2-3-9(8)12/h2-4,6H,5H2,1H3,(H,14,18). The third kappa shape index (κ3) is 3.08. The van der Waals surface area contributed by atoms with Crippen molar-refractivity contribution in [3.63, 3.8) is 0 Å². The third-order valence-electron chi connectivity index (χ3n) is 2.23. The van der Waals surface area contributed by atoms with Crippen LogP contribution in [0.15, 0.2) is 29.0 Å². The Morgan fingerprint density at radius 3 is 3.00 bits per heavy atom. The molecule has 0 aliphatic carbocycles. The number of halogens is 2. The van der Waals surface area contributed by atoms with Crippen molar-refractivity contribution in [2.24, 2.45) is 7.05 Å². The Bertz CT molecular complexity index is 584. The number of rotatable bonds is 3. The highest BCUT2D eigenvalue weighted by molar-refractivity contribution is 9.10. The van der Waals surface area contributed by atoms with Crippen molar-refractivity contribution in [1.82, 2.24) is 20.1 Å². The highest BCUT2D eigenvalue weighted by Crippen LogP contribution is 2.20. The summed E-state index contributed by atoms with van der Waals surface area (Å²) in [6, 6.07) is 5.05. The number of carbonyl (C=O) groups is 1. The third-order valence-corrected chi connectivity index (χ3v) is 3.15. The van der Waals surface area contributed by atoms with Gasteiger partial charge in [0.05, 0.1) is 12.1 Å². The molecule has 2 aromatic rings. The molecule has 1 aromatic carbocycles. The van der Waals surface area contributed by atoms with Crippen LogP contribution >= 0.6 is 27.5 Å². The Balaban J connectivity index is 2.05. The lowest BCUT2D eigenvalue weighted by Gasteiger charge is -2.05. The molecule has 0 fully saturated rings. The van der Waals surface area contributed by atoms with Crippen molar-refractivity contribution in [3.05, 3.63) is 45.4 Å². The average molecular weight is 330 g/mol. The number of aromatic nitrogens is 3. The average Bonchev–Trinajstić information content (AvgIpc) is 2.75. The number of nitrogens with one attached hydrogen (secondary N) is 1. The summed E-state index contributed by atoms with van der Waals surface area (Å²) in [7, 11) is 1.77. The SMILES string of the molecule is Cn1cnc(CNC(=O)c2cc(Cl)ccc2Br)n1. The fourth-order valence-electron chi connectivity index (χ4n) is 1.39. The molecule has 94 valence electrons. The van der Waals surface area contributed by atoms with Crippen LogP contribution in [0.2, 0.25) is 5.02 Å². The number of benzene rings is 1. The predicted octanol–water partition coefficient (Wildman–Crippen LogP) is 2.16. The molecule has 0 saturated carbocycles. The lowest BCUT2D eigenvalue weighted by molar-refractivity contribution is 0.0949. The summed E-state index contributed by atoms with van der Waals surface area (Å²) in [5.41, 5.74) is 0.485. The molecule has 1 N–H and O–H groups in total. The topological polar surface area (TPSA) is 59.8 Å². The largest absolute Gasteiger partial charge is 0.345 e. The van der Waals surface area contributed by atoms with Gasteiger partial charge in [0.15, 0.2) is 5.82 Å². The maximum atomic E-state index is 11.9. The molecule has 0 aliphatic rings.